The Bertz CT molecular complexity index is 200. The molecule has 1 aliphatic rings. The maximum Gasteiger partial charge on any atom is 0.336 e. The average molecular weight is 217 g/mol. The van der Waals surface area contributed by atoms with Crippen LogP contribution < -0.4 is 5.73 Å². The van der Waals surface area contributed by atoms with E-state index in [1.165, 1.54) is 0 Å². The standard InChI is InChI=1S/C10H23NO2Si/c1-9(2)10(3,4)13-14(5,12-9)8-6-7-11/h6-8,11H2,1-5H3. The van der Waals surface area contributed by atoms with Gasteiger partial charge in [0.2, 0.25) is 0 Å². The van der Waals surface area contributed by atoms with Gasteiger partial charge < -0.3 is 14.6 Å². The van der Waals surface area contributed by atoms with E-state index < -0.39 is 8.56 Å². The third-order valence-corrected chi connectivity index (χ3v) is 6.37. The molecule has 2 N–H and O–H groups in total. The molecule has 0 radical (unpaired) electrons. The van der Waals surface area contributed by atoms with Gasteiger partial charge in [-0.25, -0.2) is 0 Å². The first-order valence-corrected chi connectivity index (χ1v) is 7.85. The van der Waals surface area contributed by atoms with Crippen molar-refractivity contribution in [1.29, 1.82) is 0 Å². The Morgan fingerprint density at radius 3 is 1.86 bits per heavy atom. The molecule has 0 saturated carbocycles. The summed E-state index contributed by atoms with van der Waals surface area (Å²) < 4.78 is 12.2. The highest BCUT2D eigenvalue weighted by Crippen LogP contribution is 2.43. The van der Waals surface area contributed by atoms with Crippen molar-refractivity contribution in [3.05, 3.63) is 0 Å². The molecular formula is C10H23NO2Si. The average Bonchev–Trinajstić information content (AvgIpc) is 2.13. The van der Waals surface area contributed by atoms with E-state index in [4.69, 9.17) is 14.6 Å². The van der Waals surface area contributed by atoms with Crippen molar-refractivity contribution in [3.8, 4) is 0 Å². The van der Waals surface area contributed by atoms with Gasteiger partial charge >= 0.3 is 8.56 Å². The molecule has 3 nitrogen and oxygen atoms in total. The Kier molecular flexibility index (Phi) is 3.12. The first kappa shape index (κ1) is 12.2. The number of hydrogen-bond acceptors (Lipinski definition) is 3. The van der Waals surface area contributed by atoms with Crippen LogP contribution in [0.1, 0.15) is 34.1 Å². The van der Waals surface area contributed by atoms with Crippen molar-refractivity contribution < 1.29 is 8.85 Å². The zero-order valence-electron chi connectivity index (χ0n) is 10.0. The van der Waals surface area contributed by atoms with E-state index in [-0.39, 0.29) is 11.2 Å². The number of hydrogen-bond donors (Lipinski definition) is 1. The third kappa shape index (κ3) is 2.19. The lowest BCUT2D eigenvalue weighted by Crippen LogP contribution is -2.41. The van der Waals surface area contributed by atoms with E-state index in [0.717, 1.165) is 19.0 Å². The molecule has 0 spiro atoms. The Labute approximate surface area is 88.2 Å². The summed E-state index contributed by atoms with van der Waals surface area (Å²) in [5, 5.41) is 0. The molecule has 0 unspecified atom stereocenters. The minimum atomic E-state index is -1.96. The van der Waals surface area contributed by atoms with Crippen molar-refractivity contribution in [1.82, 2.24) is 0 Å². The van der Waals surface area contributed by atoms with Gasteiger partial charge in [0.15, 0.2) is 0 Å². The fourth-order valence-electron chi connectivity index (χ4n) is 1.87. The van der Waals surface area contributed by atoms with E-state index in [0.29, 0.717) is 0 Å². The fourth-order valence-corrected chi connectivity index (χ4v) is 5.61. The summed E-state index contributed by atoms with van der Waals surface area (Å²) in [4.78, 5) is 0. The minimum Gasteiger partial charge on any atom is -0.386 e. The first-order chi connectivity index (χ1) is 6.22. The lowest BCUT2D eigenvalue weighted by molar-refractivity contribution is 0.00578. The summed E-state index contributed by atoms with van der Waals surface area (Å²) in [6.07, 6.45) is 0.995. The second kappa shape index (κ2) is 3.59. The molecule has 1 saturated heterocycles. The Morgan fingerprint density at radius 1 is 1.07 bits per heavy atom. The molecule has 4 heteroatoms. The number of rotatable bonds is 3. The predicted molar refractivity (Wildman–Crippen MR) is 60.4 cm³/mol. The van der Waals surface area contributed by atoms with E-state index in [1.807, 2.05) is 0 Å². The van der Waals surface area contributed by atoms with Crippen LogP contribution >= 0.6 is 0 Å². The molecule has 1 aliphatic heterocycles. The Morgan fingerprint density at radius 2 is 1.50 bits per heavy atom. The van der Waals surface area contributed by atoms with Gasteiger partial charge in [-0.1, -0.05) is 0 Å². The summed E-state index contributed by atoms with van der Waals surface area (Å²) in [6, 6.07) is 0.996. The predicted octanol–water partition coefficient (Wildman–Crippen LogP) is 2.01. The third-order valence-electron chi connectivity index (χ3n) is 3.23. The Hall–Kier alpha value is 0.0969. The zero-order valence-corrected chi connectivity index (χ0v) is 11.0. The van der Waals surface area contributed by atoms with Crippen molar-refractivity contribution >= 4 is 8.56 Å². The maximum atomic E-state index is 6.11. The first-order valence-electron chi connectivity index (χ1n) is 5.33. The summed E-state index contributed by atoms with van der Waals surface area (Å²) in [7, 11) is -1.96. The van der Waals surface area contributed by atoms with Crippen LogP contribution in [-0.4, -0.2) is 26.3 Å². The van der Waals surface area contributed by atoms with Crippen molar-refractivity contribution in [2.75, 3.05) is 6.54 Å². The summed E-state index contributed by atoms with van der Waals surface area (Å²) in [5.41, 5.74) is 5.16. The van der Waals surface area contributed by atoms with Crippen LogP contribution in [0.2, 0.25) is 12.6 Å². The zero-order chi connectivity index (χ0) is 11.0. The SMILES string of the molecule is CC1(C)O[Si](C)(CCCN)OC1(C)C. The van der Waals surface area contributed by atoms with Crippen LogP contribution in [0.15, 0.2) is 0 Å². The van der Waals surface area contributed by atoms with Gasteiger partial charge in [-0.2, -0.15) is 0 Å². The quantitative estimate of drug-likeness (QED) is 0.736. The molecule has 84 valence electrons. The van der Waals surface area contributed by atoms with Gasteiger partial charge in [0.1, 0.15) is 0 Å². The molecule has 1 rings (SSSR count). The van der Waals surface area contributed by atoms with Crippen LogP contribution in [0.5, 0.6) is 0 Å². The molecule has 0 bridgehead atoms. The van der Waals surface area contributed by atoms with E-state index >= 15 is 0 Å². The van der Waals surface area contributed by atoms with Crippen molar-refractivity contribution in [2.45, 2.75) is 57.9 Å². The second-order valence-corrected chi connectivity index (χ2v) is 8.43. The topological polar surface area (TPSA) is 44.5 Å². The van der Waals surface area contributed by atoms with Crippen LogP contribution in [0.25, 0.3) is 0 Å². The monoisotopic (exact) mass is 217 g/mol. The van der Waals surface area contributed by atoms with Gasteiger partial charge in [-0.05, 0) is 53.3 Å². The van der Waals surface area contributed by atoms with Gasteiger partial charge in [0.05, 0.1) is 11.2 Å². The minimum absolute atomic E-state index is 0.178. The smallest absolute Gasteiger partial charge is 0.336 e. The molecular weight excluding hydrogens is 194 g/mol. The van der Waals surface area contributed by atoms with Crippen molar-refractivity contribution in [3.63, 3.8) is 0 Å². The lowest BCUT2D eigenvalue weighted by Gasteiger charge is -2.31. The second-order valence-electron chi connectivity index (χ2n) is 5.25. The van der Waals surface area contributed by atoms with Crippen molar-refractivity contribution in [2.24, 2.45) is 5.73 Å². The van der Waals surface area contributed by atoms with Gasteiger partial charge in [-0.3, -0.25) is 0 Å². The van der Waals surface area contributed by atoms with Crippen LogP contribution in [0.4, 0.5) is 0 Å². The molecule has 0 aromatic rings. The highest BCUT2D eigenvalue weighted by Gasteiger charge is 2.55. The van der Waals surface area contributed by atoms with E-state index in [2.05, 4.69) is 34.2 Å². The molecule has 14 heavy (non-hydrogen) atoms. The highest BCUT2D eigenvalue weighted by atomic mass is 28.4. The highest BCUT2D eigenvalue weighted by molar-refractivity contribution is 6.66. The summed E-state index contributed by atoms with van der Waals surface area (Å²) in [5.74, 6) is 0. The van der Waals surface area contributed by atoms with Gasteiger partial charge in [0, 0.05) is 0 Å². The van der Waals surface area contributed by atoms with Crippen LogP contribution in [0, 0.1) is 0 Å². The van der Waals surface area contributed by atoms with E-state index in [1.54, 1.807) is 0 Å². The normalized spacial score (nSPS) is 27.9. The summed E-state index contributed by atoms with van der Waals surface area (Å²) in [6.45, 7) is 11.3. The van der Waals surface area contributed by atoms with Crippen LogP contribution in [0.3, 0.4) is 0 Å². The molecule has 0 amide bonds. The molecule has 0 aromatic carbocycles. The number of nitrogens with two attached hydrogens (primary N) is 1. The molecule has 0 aromatic heterocycles. The van der Waals surface area contributed by atoms with Crippen LogP contribution in [-0.2, 0) is 8.85 Å². The van der Waals surface area contributed by atoms with Gasteiger partial charge in [-0.15, -0.1) is 0 Å². The lowest BCUT2D eigenvalue weighted by atomic mass is 9.90. The van der Waals surface area contributed by atoms with E-state index in [9.17, 15) is 0 Å². The largest absolute Gasteiger partial charge is 0.386 e. The molecule has 1 fully saturated rings. The fraction of sp³-hybridized carbons (Fsp3) is 1.00. The summed E-state index contributed by atoms with van der Waals surface area (Å²) >= 11 is 0. The maximum absolute atomic E-state index is 6.11. The Balaban J connectivity index is 2.70. The molecule has 1 heterocycles. The molecule has 0 aliphatic carbocycles. The van der Waals surface area contributed by atoms with Gasteiger partial charge in [0.25, 0.3) is 0 Å². The molecule has 0 atom stereocenters.